The van der Waals surface area contributed by atoms with Crippen molar-refractivity contribution in [3.63, 3.8) is 0 Å². The first-order valence-electron chi connectivity index (χ1n) is 14.6. The van der Waals surface area contributed by atoms with Crippen LogP contribution in [0.2, 0.25) is 0 Å². The number of carbonyl (C=O) groups is 1. The molecule has 0 aliphatic carbocycles. The molecule has 2 unspecified atom stereocenters. The summed E-state index contributed by atoms with van der Waals surface area (Å²) in [6, 6.07) is 29.6. The Kier molecular flexibility index (Phi) is 8.81. The van der Waals surface area contributed by atoms with Gasteiger partial charge in [-0.05, 0) is 85.3 Å². The number of aromatic nitrogens is 1. The van der Waals surface area contributed by atoms with E-state index >= 15 is 0 Å². The Morgan fingerprint density at radius 1 is 0.930 bits per heavy atom. The van der Waals surface area contributed by atoms with E-state index in [0.717, 1.165) is 60.1 Å². The predicted molar refractivity (Wildman–Crippen MR) is 181 cm³/mol. The van der Waals surface area contributed by atoms with Gasteiger partial charge in [-0.25, -0.2) is 0 Å². The van der Waals surface area contributed by atoms with Gasteiger partial charge in [-0.2, -0.15) is 0 Å². The van der Waals surface area contributed by atoms with E-state index in [4.69, 9.17) is 12.2 Å². The minimum Gasteiger partial charge on any atom is -0.369 e. The molecule has 2 bridgehead atoms. The zero-order valence-electron chi connectivity index (χ0n) is 24.1. The van der Waals surface area contributed by atoms with Crippen LogP contribution in [0, 0.1) is 5.92 Å². The molecule has 7 nitrogen and oxygen atoms in total. The smallest absolute Gasteiger partial charge is 0.251 e. The Morgan fingerprint density at radius 2 is 1.77 bits per heavy atom. The average Bonchev–Trinajstić information content (AvgIpc) is 3.02. The molecular formula is C34H35N5O2S2. The molecule has 43 heavy (non-hydrogen) atoms. The van der Waals surface area contributed by atoms with E-state index in [-0.39, 0.29) is 17.4 Å². The van der Waals surface area contributed by atoms with E-state index in [0.29, 0.717) is 23.1 Å². The highest BCUT2D eigenvalue weighted by molar-refractivity contribution is 7.98. The highest BCUT2D eigenvalue weighted by atomic mass is 32.2. The first-order valence-corrected chi connectivity index (χ1v) is 16.2. The Balaban J connectivity index is 1.24. The van der Waals surface area contributed by atoms with Crippen molar-refractivity contribution in [3.8, 4) is 0 Å². The van der Waals surface area contributed by atoms with Crippen LogP contribution in [0.25, 0.3) is 0 Å². The van der Waals surface area contributed by atoms with Crippen molar-refractivity contribution < 1.29 is 4.79 Å². The van der Waals surface area contributed by atoms with Gasteiger partial charge < -0.3 is 25.4 Å². The fourth-order valence-corrected chi connectivity index (χ4v) is 6.89. The zero-order valence-corrected chi connectivity index (χ0v) is 25.7. The number of fused-ring (bicyclic) bond motifs is 4. The van der Waals surface area contributed by atoms with Crippen LogP contribution in [0.4, 0.5) is 17.1 Å². The predicted octanol–water partition coefficient (Wildman–Crippen LogP) is 5.98. The highest BCUT2D eigenvalue weighted by Gasteiger charge is 2.35. The standard InChI is InChI=1S/C34H35N5O2S2/c1-43-28-10-5-9-27(19-28)36-34(42)37-29-18-25(33(41)35-16-15-23-7-3-2-4-8-23)13-14-31(29)38-20-24-17-26(22-38)30-11-6-12-32(40)39(30)21-24/h2-14,18-19,24,26H,15-17,20-22H2,1H3,(H,35,41)(H2,36,37,42). The first-order chi connectivity index (χ1) is 21.0. The van der Waals surface area contributed by atoms with Gasteiger partial charge >= 0.3 is 0 Å². The molecule has 0 spiro atoms. The third-order valence-corrected chi connectivity index (χ3v) is 9.13. The number of pyridine rings is 1. The van der Waals surface area contributed by atoms with Crippen molar-refractivity contribution in [1.82, 2.24) is 9.88 Å². The summed E-state index contributed by atoms with van der Waals surface area (Å²) in [4.78, 5) is 29.3. The van der Waals surface area contributed by atoms with Gasteiger partial charge in [-0.1, -0.05) is 42.5 Å². The summed E-state index contributed by atoms with van der Waals surface area (Å²) in [5.74, 6) is 0.495. The molecule has 3 heterocycles. The van der Waals surface area contributed by atoms with Gasteiger partial charge in [0.05, 0.1) is 11.4 Å². The second kappa shape index (κ2) is 13.1. The van der Waals surface area contributed by atoms with Crippen molar-refractivity contribution in [1.29, 1.82) is 0 Å². The van der Waals surface area contributed by atoms with Gasteiger partial charge in [0.2, 0.25) is 0 Å². The van der Waals surface area contributed by atoms with Crippen molar-refractivity contribution in [2.45, 2.75) is 30.2 Å². The van der Waals surface area contributed by atoms with Crippen LogP contribution in [0.15, 0.2) is 101 Å². The molecule has 1 saturated heterocycles. The Labute approximate surface area is 261 Å². The number of hydrogen-bond acceptors (Lipinski definition) is 5. The van der Waals surface area contributed by atoms with Crippen molar-refractivity contribution in [2.75, 3.05) is 41.4 Å². The Morgan fingerprint density at radius 3 is 2.60 bits per heavy atom. The maximum absolute atomic E-state index is 13.2. The number of anilines is 3. The fraction of sp³-hybridized carbons (Fsp3) is 0.265. The molecule has 4 aromatic rings. The molecule has 2 aliphatic heterocycles. The number of carbonyl (C=O) groups excluding carboxylic acids is 1. The molecule has 2 atom stereocenters. The van der Waals surface area contributed by atoms with Gasteiger partial charge in [-0.3, -0.25) is 9.59 Å². The van der Waals surface area contributed by atoms with Gasteiger partial charge in [0.15, 0.2) is 5.11 Å². The lowest BCUT2D eigenvalue weighted by molar-refractivity contribution is 0.0954. The lowest BCUT2D eigenvalue weighted by Crippen LogP contribution is -2.47. The number of rotatable bonds is 8. The van der Waals surface area contributed by atoms with Gasteiger partial charge in [0, 0.05) is 60.0 Å². The number of benzene rings is 3. The van der Waals surface area contributed by atoms with E-state index in [1.165, 1.54) is 5.56 Å². The molecule has 1 fully saturated rings. The van der Waals surface area contributed by atoms with Crippen LogP contribution in [-0.4, -0.2) is 41.5 Å². The summed E-state index contributed by atoms with van der Waals surface area (Å²) < 4.78 is 1.94. The molecule has 1 aromatic heterocycles. The lowest BCUT2D eigenvalue weighted by Gasteiger charge is -2.44. The van der Waals surface area contributed by atoms with Crippen LogP contribution in [0.3, 0.4) is 0 Å². The SMILES string of the molecule is CSc1cccc(NC(=S)Nc2cc(C(=O)NCCc3ccccc3)ccc2N2CC3CC(C2)c2cccc(=O)n2C3)c1. The summed E-state index contributed by atoms with van der Waals surface area (Å²) in [7, 11) is 0. The molecule has 0 saturated carbocycles. The largest absolute Gasteiger partial charge is 0.369 e. The molecular weight excluding hydrogens is 575 g/mol. The second-order valence-corrected chi connectivity index (χ2v) is 12.4. The number of thiocarbonyl (C=S) groups is 1. The van der Waals surface area contributed by atoms with Crippen LogP contribution in [0.5, 0.6) is 0 Å². The third kappa shape index (κ3) is 6.78. The monoisotopic (exact) mass is 609 g/mol. The maximum Gasteiger partial charge on any atom is 0.251 e. The van der Waals surface area contributed by atoms with Gasteiger partial charge in [-0.15, -0.1) is 11.8 Å². The number of amides is 1. The van der Waals surface area contributed by atoms with Crippen molar-refractivity contribution >= 4 is 52.1 Å². The number of thioether (sulfide) groups is 1. The molecule has 0 radical (unpaired) electrons. The van der Waals surface area contributed by atoms with Crippen molar-refractivity contribution in [2.24, 2.45) is 5.92 Å². The van der Waals surface area contributed by atoms with Crippen molar-refractivity contribution in [3.05, 3.63) is 118 Å². The van der Waals surface area contributed by atoms with E-state index in [9.17, 15) is 9.59 Å². The second-order valence-electron chi connectivity index (χ2n) is 11.1. The number of piperidine rings is 1. The molecule has 220 valence electrons. The van der Waals surface area contributed by atoms with Crippen LogP contribution < -0.4 is 26.4 Å². The van der Waals surface area contributed by atoms with E-state index in [2.05, 4.69) is 51.2 Å². The molecule has 3 N–H and O–H groups in total. The topological polar surface area (TPSA) is 78.4 Å². The maximum atomic E-state index is 13.2. The number of hydrogen-bond donors (Lipinski definition) is 3. The number of nitrogens with one attached hydrogen (secondary N) is 3. The Bertz CT molecular complexity index is 1690. The summed E-state index contributed by atoms with van der Waals surface area (Å²) in [5.41, 5.74) is 5.59. The molecule has 3 aromatic carbocycles. The van der Waals surface area contributed by atoms with Gasteiger partial charge in [0.25, 0.3) is 11.5 Å². The zero-order chi connectivity index (χ0) is 29.8. The van der Waals surface area contributed by atoms with Crippen LogP contribution in [-0.2, 0) is 13.0 Å². The quantitative estimate of drug-likeness (QED) is 0.168. The average molecular weight is 610 g/mol. The third-order valence-electron chi connectivity index (χ3n) is 8.20. The lowest BCUT2D eigenvalue weighted by atomic mass is 9.83. The summed E-state index contributed by atoms with van der Waals surface area (Å²) in [5, 5.41) is 10.2. The van der Waals surface area contributed by atoms with E-state index < -0.39 is 0 Å². The molecule has 9 heteroatoms. The minimum absolute atomic E-state index is 0.0765. The summed E-state index contributed by atoms with van der Waals surface area (Å²) >= 11 is 7.43. The minimum atomic E-state index is -0.124. The summed E-state index contributed by atoms with van der Waals surface area (Å²) in [6.07, 6.45) is 3.87. The molecule has 2 aliphatic rings. The highest BCUT2D eigenvalue weighted by Crippen LogP contribution is 2.39. The normalized spacial score (nSPS) is 17.1. The van der Waals surface area contributed by atoms with Crippen LogP contribution >= 0.6 is 24.0 Å². The van der Waals surface area contributed by atoms with E-state index in [1.807, 2.05) is 65.4 Å². The number of nitrogens with zero attached hydrogens (tertiary/aromatic N) is 2. The molecule has 1 amide bonds. The Hall–Kier alpha value is -4.08. The fourth-order valence-electron chi connectivity index (χ4n) is 6.20. The first kappa shape index (κ1) is 29.0. The summed E-state index contributed by atoms with van der Waals surface area (Å²) in [6.45, 7) is 2.88. The van der Waals surface area contributed by atoms with Gasteiger partial charge in [0.1, 0.15) is 0 Å². The van der Waals surface area contributed by atoms with E-state index in [1.54, 1.807) is 17.8 Å². The van der Waals surface area contributed by atoms with Crippen LogP contribution in [0.1, 0.15) is 34.0 Å². The molecule has 6 rings (SSSR count).